The Labute approximate surface area is 204 Å². The first-order chi connectivity index (χ1) is 15.9. The number of carbonyl (C=O) groups is 2. The standard InChI is InChI=1S/C25H26ClN3O4S/c1-16-9-12-18(13-10-16)34(32,33)29-17-11-14-21(26)20(15-17)23(30)27-22-8-6-5-7-19(22)24(31)28-25(2,3)4/h5-15,29H,1-4H3,(H,27,30)(H,28,31). The maximum absolute atomic E-state index is 13.0. The van der Waals surface area contributed by atoms with E-state index in [1.807, 2.05) is 27.7 Å². The number of rotatable bonds is 6. The van der Waals surface area contributed by atoms with Gasteiger partial charge in [0.15, 0.2) is 0 Å². The molecule has 0 bridgehead atoms. The quantitative estimate of drug-likeness (QED) is 0.432. The molecule has 0 heterocycles. The van der Waals surface area contributed by atoms with E-state index in [2.05, 4.69) is 15.4 Å². The minimum atomic E-state index is -3.86. The molecule has 0 aliphatic rings. The van der Waals surface area contributed by atoms with Crippen molar-refractivity contribution in [3.8, 4) is 0 Å². The zero-order valence-corrected chi connectivity index (χ0v) is 20.8. The minimum absolute atomic E-state index is 0.0526. The van der Waals surface area contributed by atoms with Crippen LogP contribution in [-0.2, 0) is 10.0 Å². The Morgan fingerprint density at radius 2 is 1.50 bits per heavy atom. The molecule has 9 heteroatoms. The highest BCUT2D eigenvalue weighted by Crippen LogP contribution is 2.25. The van der Waals surface area contributed by atoms with Gasteiger partial charge in [-0.2, -0.15) is 0 Å². The van der Waals surface area contributed by atoms with Crippen LogP contribution in [0.3, 0.4) is 0 Å². The highest BCUT2D eigenvalue weighted by molar-refractivity contribution is 7.92. The molecular weight excluding hydrogens is 474 g/mol. The number of halogens is 1. The maximum Gasteiger partial charge on any atom is 0.261 e. The summed E-state index contributed by atoms with van der Waals surface area (Å²) in [7, 11) is -3.86. The summed E-state index contributed by atoms with van der Waals surface area (Å²) in [6.07, 6.45) is 0. The second kappa shape index (κ2) is 9.87. The number of carbonyl (C=O) groups excluding carboxylic acids is 2. The average Bonchev–Trinajstić information content (AvgIpc) is 2.74. The van der Waals surface area contributed by atoms with Crippen molar-refractivity contribution < 1.29 is 18.0 Å². The van der Waals surface area contributed by atoms with Gasteiger partial charge in [0.05, 0.1) is 26.7 Å². The van der Waals surface area contributed by atoms with Crippen LogP contribution in [0.2, 0.25) is 5.02 Å². The number of aryl methyl sites for hydroxylation is 1. The molecule has 0 unspecified atom stereocenters. The van der Waals surface area contributed by atoms with Crippen LogP contribution < -0.4 is 15.4 Å². The molecule has 3 N–H and O–H groups in total. The molecule has 178 valence electrons. The van der Waals surface area contributed by atoms with Gasteiger partial charge in [0.25, 0.3) is 21.8 Å². The fourth-order valence-electron chi connectivity index (χ4n) is 3.08. The van der Waals surface area contributed by atoms with E-state index in [9.17, 15) is 18.0 Å². The molecule has 0 saturated heterocycles. The first kappa shape index (κ1) is 25.3. The van der Waals surface area contributed by atoms with Crippen molar-refractivity contribution in [2.45, 2.75) is 38.1 Å². The lowest BCUT2D eigenvalue weighted by molar-refractivity contribution is 0.0920. The van der Waals surface area contributed by atoms with E-state index in [-0.39, 0.29) is 32.6 Å². The van der Waals surface area contributed by atoms with Gasteiger partial charge in [0.2, 0.25) is 0 Å². The normalized spacial score (nSPS) is 11.6. The van der Waals surface area contributed by atoms with Crippen LogP contribution in [0.5, 0.6) is 0 Å². The monoisotopic (exact) mass is 499 g/mol. The van der Waals surface area contributed by atoms with E-state index in [0.29, 0.717) is 5.69 Å². The number of nitrogens with one attached hydrogen (secondary N) is 3. The molecule has 7 nitrogen and oxygen atoms in total. The van der Waals surface area contributed by atoms with Crippen LogP contribution in [0.4, 0.5) is 11.4 Å². The molecule has 0 fully saturated rings. The third-order valence-corrected chi connectivity index (χ3v) is 6.43. The first-order valence-electron chi connectivity index (χ1n) is 10.5. The molecule has 3 aromatic rings. The third kappa shape index (κ3) is 6.36. The van der Waals surface area contributed by atoms with Gasteiger partial charge in [0.1, 0.15) is 0 Å². The molecule has 0 spiro atoms. The topological polar surface area (TPSA) is 104 Å². The van der Waals surface area contributed by atoms with Crippen molar-refractivity contribution in [3.63, 3.8) is 0 Å². The van der Waals surface area contributed by atoms with Crippen molar-refractivity contribution in [1.29, 1.82) is 0 Å². The van der Waals surface area contributed by atoms with Crippen LogP contribution in [0.25, 0.3) is 0 Å². The van der Waals surface area contributed by atoms with Crippen LogP contribution >= 0.6 is 11.6 Å². The lowest BCUT2D eigenvalue weighted by Gasteiger charge is -2.21. The molecule has 0 atom stereocenters. The molecule has 0 aliphatic carbocycles. The molecule has 2 amide bonds. The average molecular weight is 500 g/mol. The molecular formula is C25H26ClN3O4S. The van der Waals surface area contributed by atoms with E-state index in [4.69, 9.17) is 11.6 Å². The number of benzene rings is 3. The molecule has 34 heavy (non-hydrogen) atoms. The van der Waals surface area contributed by atoms with Gasteiger partial charge in [-0.15, -0.1) is 0 Å². The van der Waals surface area contributed by atoms with Crippen LogP contribution in [0.1, 0.15) is 47.1 Å². The molecule has 0 aromatic heterocycles. The Balaban J connectivity index is 1.85. The second-order valence-corrected chi connectivity index (χ2v) is 10.9. The van der Waals surface area contributed by atoms with Crippen LogP contribution in [0, 0.1) is 6.92 Å². The number of hydrogen-bond acceptors (Lipinski definition) is 4. The Hall–Kier alpha value is -3.36. The Morgan fingerprint density at radius 3 is 2.15 bits per heavy atom. The van der Waals surface area contributed by atoms with Gasteiger partial charge < -0.3 is 10.6 Å². The summed E-state index contributed by atoms with van der Waals surface area (Å²) in [6, 6.07) is 17.2. The molecule has 0 aliphatic heterocycles. The number of para-hydroxylation sites is 1. The lowest BCUT2D eigenvalue weighted by Crippen LogP contribution is -2.40. The predicted molar refractivity (Wildman–Crippen MR) is 135 cm³/mol. The largest absolute Gasteiger partial charge is 0.347 e. The van der Waals surface area contributed by atoms with Gasteiger partial charge in [-0.25, -0.2) is 8.42 Å². The SMILES string of the molecule is Cc1ccc(S(=O)(=O)Nc2ccc(Cl)c(C(=O)Nc3ccccc3C(=O)NC(C)(C)C)c2)cc1. The smallest absolute Gasteiger partial charge is 0.261 e. The van der Waals surface area contributed by atoms with Crippen molar-refractivity contribution >= 4 is 44.8 Å². The van der Waals surface area contributed by atoms with Crippen LogP contribution in [-0.4, -0.2) is 25.8 Å². The van der Waals surface area contributed by atoms with E-state index >= 15 is 0 Å². The van der Waals surface area contributed by atoms with Gasteiger partial charge >= 0.3 is 0 Å². The molecule has 3 rings (SSSR count). The summed E-state index contributed by atoms with van der Waals surface area (Å²) < 4.78 is 27.9. The van der Waals surface area contributed by atoms with Gasteiger partial charge in [-0.05, 0) is 70.2 Å². The Kier molecular flexibility index (Phi) is 7.33. The number of anilines is 2. The van der Waals surface area contributed by atoms with E-state index in [1.165, 1.54) is 30.3 Å². The van der Waals surface area contributed by atoms with Crippen molar-refractivity contribution in [1.82, 2.24) is 5.32 Å². The fourth-order valence-corrected chi connectivity index (χ4v) is 4.33. The van der Waals surface area contributed by atoms with E-state index in [0.717, 1.165) is 5.56 Å². The zero-order valence-electron chi connectivity index (χ0n) is 19.3. The Morgan fingerprint density at radius 1 is 0.853 bits per heavy atom. The Bertz CT molecular complexity index is 1330. The van der Waals surface area contributed by atoms with Crippen LogP contribution in [0.15, 0.2) is 71.6 Å². The van der Waals surface area contributed by atoms with Gasteiger partial charge in [-0.3, -0.25) is 14.3 Å². The van der Waals surface area contributed by atoms with Crippen molar-refractivity contribution in [3.05, 3.63) is 88.4 Å². The number of hydrogen-bond donors (Lipinski definition) is 3. The lowest BCUT2D eigenvalue weighted by atomic mass is 10.1. The van der Waals surface area contributed by atoms with E-state index in [1.54, 1.807) is 36.4 Å². The van der Waals surface area contributed by atoms with Crippen molar-refractivity contribution in [2.24, 2.45) is 0 Å². The summed E-state index contributed by atoms with van der Waals surface area (Å²) in [5, 5.41) is 5.69. The molecule has 0 radical (unpaired) electrons. The summed E-state index contributed by atoms with van der Waals surface area (Å²) in [5.41, 5.74) is 1.29. The fraction of sp³-hybridized carbons (Fsp3) is 0.200. The summed E-state index contributed by atoms with van der Waals surface area (Å²) in [4.78, 5) is 25.8. The molecule has 3 aromatic carbocycles. The summed E-state index contributed by atoms with van der Waals surface area (Å²) in [5.74, 6) is -0.925. The summed E-state index contributed by atoms with van der Waals surface area (Å²) >= 11 is 6.24. The summed E-state index contributed by atoms with van der Waals surface area (Å²) in [6.45, 7) is 7.43. The highest BCUT2D eigenvalue weighted by Gasteiger charge is 2.21. The van der Waals surface area contributed by atoms with Gasteiger partial charge in [-0.1, -0.05) is 41.4 Å². The molecule has 0 saturated carbocycles. The maximum atomic E-state index is 13.0. The first-order valence-corrected chi connectivity index (χ1v) is 12.3. The third-order valence-electron chi connectivity index (χ3n) is 4.70. The second-order valence-electron chi connectivity index (χ2n) is 8.82. The van der Waals surface area contributed by atoms with Gasteiger partial charge in [0, 0.05) is 11.2 Å². The highest BCUT2D eigenvalue weighted by atomic mass is 35.5. The predicted octanol–water partition coefficient (Wildman–Crippen LogP) is 5.23. The number of sulfonamides is 1. The van der Waals surface area contributed by atoms with E-state index < -0.39 is 21.5 Å². The zero-order chi connectivity index (χ0) is 25.1. The number of amides is 2. The minimum Gasteiger partial charge on any atom is -0.347 e. The van der Waals surface area contributed by atoms with Crippen molar-refractivity contribution in [2.75, 3.05) is 10.0 Å².